The van der Waals surface area contributed by atoms with E-state index in [-0.39, 0.29) is 23.3 Å². The molecular formula is C28H39NO8. The number of carbonyl (C=O) groups excluding carboxylic acids is 2. The minimum Gasteiger partial charge on any atom is -0.457 e. The van der Waals surface area contributed by atoms with Gasteiger partial charge in [-0.15, -0.1) is 0 Å². The molecule has 7 atom stereocenters. The Morgan fingerprint density at radius 2 is 1.81 bits per heavy atom. The monoisotopic (exact) mass is 517 g/mol. The first-order valence-electron chi connectivity index (χ1n) is 13.0. The van der Waals surface area contributed by atoms with Crippen LogP contribution in [-0.4, -0.2) is 67.4 Å². The van der Waals surface area contributed by atoms with Gasteiger partial charge in [0.25, 0.3) is 0 Å². The predicted octanol–water partition coefficient (Wildman–Crippen LogP) is 2.30. The molecule has 0 radical (unpaired) electrons. The Kier molecular flexibility index (Phi) is 6.64. The molecule has 0 aromatic carbocycles. The highest BCUT2D eigenvalue weighted by atomic mass is 16.5. The summed E-state index contributed by atoms with van der Waals surface area (Å²) in [6.45, 7) is 11.8. The second-order valence-electron chi connectivity index (χ2n) is 11.8. The molecule has 1 spiro atoms. The number of nitrogens with zero attached hydrogens (tertiary/aromatic N) is 1. The third kappa shape index (κ3) is 3.54. The number of Topliss-reactive ketones (excluding diaryl/α,β-unsaturated/α-hetero) is 1. The lowest BCUT2D eigenvalue weighted by atomic mass is 9.59. The Hall–Kier alpha value is -2.33. The van der Waals surface area contributed by atoms with E-state index in [4.69, 9.17) is 9.26 Å². The number of aliphatic hydroxyl groups excluding tert-OH is 2. The van der Waals surface area contributed by atoms with E-state index >= 15 is 0 Å². The summed E-state index contributed by atoms with van der Waals surface area (Å²) in [4.78, 5) is 27.4. The predicted molar refractivity (Wildman–Crippen MR) is 133 cm³/mol. The molecule has 204 valence electrons. The average Bonchev–Trinajstić information content (AvgIpc) is 3.32. The van der Waals surface area contributed by atoms with Gasteiger partial charge in [0.2, 0.25) is 0 Å². The van der Waals surface area contributed by atoms with Gasteiger partial charge in [-0.3, -0.25) is 4.79 Å². The lowest BCUT2D eigenvalue weighted by molar-refractivity contribution is -0.190. The average molecular weight is 518 g/mol. The summed E-state index contributed by atoms with van der Waals surface area (Å²) < 4.78 is 10.9. The van der Waals surface area contributed by atoms with Crippen molar-refractivity contribution < 1.29 is 39.3 Å². The zero-order valence-corrected chi connectivity index (χ0v) is 22.7. The number of carbonyl (C=O) groups is 2. The Morgan fingerprint density at radius 3 is 2.41 bits per heavy atom. The second-order valence-corrected chi connectivity index (χ2v) is 11.8. The minimum atomic E-state index is -2.31. The van der Waals surface area contributed by atoms with Crippen LogP contribution in [0.25, 0.3) is 0 Å². The fourth-order valence-electron chi connectivity index (χ4n) is 6.79. The van der Waals surface area contributed by atoms with Crippen molar-refractivity contribution in [3.63, 3.8) is 0 Å². The van der Waals surface area contributed by atoms with E-state index in [2.05, 4.69) is 5.16 Å². The third-order valence-electron chi connectivity index (χ3n) is 9.52. The number of hydrogen-bond donors (Lipinski definition) is 4. The van der Waals surface area contributed by atoms with Crippen molar-refractivity contribution in [1.82, 2.24) is 5.16 Å². The van der Waals surface area contributed by atoms with Gasteiger partial charge in [0, 0.05) is 17.8 Å². The molecule has 1 aromatic rings. The summed E-state index contributed by atoms with van der Waals surface area (Å²) in [6, 6.07) is 0. The molecule has 1 fully saturated rings. The summed E-state index contributed by atoms with van der Waals surface area (Å²) in [5, 5.41) is 50.4. The maximum Gasteiger partial charge on any atom is 0.344 e. The molecule has 4 N–H and O–H groups in total. The normalized spacial score (nSPS) is 38.8. The van der Waals surface area contributed by atoms with Crippen molar-refractivity contribution in [2.24, 2.45) is 22.7 Å². The van der Waals surface area contributed by atoms with Gasteiger partial charge in [-0.1, -0.05) is 51.9 Å². The molecule has 0 aliphatic heterocycles. The van der Waals surface area contributed by atoms with Gasteiger partial charge < -0.3 is 29.7 Å². The fourth-order valence-corrected chi connectivity index (χ4v) is 6.79. The number of aliphatic hydroxyl groups is 4. The van der Waals surface area contributed by atoms with Crippen molar-refractivity contribution in [2.45, 2.75) is 91.1 Å². The lowest BCUT2D eigenvalue weighted by Gasteiger charge is -2.48. The number of fused-ring (bicyclic) bond motifs is 1. The van der Waals surface area contributed by atoms with Crippen molar-refractivity contribution in [3.8, 4) is 0 Å². The van der Waals surface area contributed by atoms with Crippen LogP contribution in [0.15, 0.2) is 27.8 Å². The van der Waals surface area contributed by atoms with Crippen LogP contribution in [-0.2, 0) is 22.4 Å². The lowest BCUT2D eigenvalue weighted by Crippen LogP contribution is -2.65. The van der Waals surface area contributed by atoms with Gasteiger partial charge in [-0.25, -0.2) is 4.79 Å². The van der Waals surface area contributed by atoms with Crippen LogP contribution in [0.5, 0.6) is 0 Å². The van der Waals surface area contributed by atoms with Crippen LogP contribution in [0.1, 0.15) is 76.7 Å². The van der Waals surface area contributed by atoms with E-state index in [1.165, 1.54) is 6.08 Å². The van der Waals surface area contributed by atoms with Gasteiger partial charge >= 0.3 is 5.97 Å². The maximum absolute atomic E-state index is 14.3. The van der Waals surface area contributed by atoms with E-state index in [1.807, 2.05) is 13.8 Å². The Labute approximate surface area is 217 Å². The number of hydrogen-bond acceptors (Lipinski definition) is 9. The molecule has 9 heteroatoms. The van der Waals surface area contributed by atoms with Crippen LogP contribution in [0.2, 0.25) is 0 Å². The smallest absolute Gasteiger partial charge is 0.344 e. The van der Waals surface area contributed by atoms with Gasteiger partial charge in [0.1, 0.15) is 30.0 Å². The van der Waals surface area contributed by atoms with Crippen LogP contribution in [0, 0.1) is 22.7 Å². The molecule has 4 rings (SSSR count). The van der Waals surface area contributed by atoms with Crippen LogP contribution in [0.4, 0.5) is 0 Å². The number of ketones is 1. The van der Waals surface area contributed by atoms with E-state index in [0.29, 0.717) is 29.9 Å². The highest BCUT2D eigenvalue weighted by Crippen LogP contribution is 2.62. The molecule has 0 amide bonds. The van der Waals surface area contributed by atoms with Gasteiger partial charge in [-0.2, -0.15) is 0 Å². The van der Waals surface area contributed by atoms with Crippen LogP contribution >= 0.6 is 0 Å². The van der Waals surface area contributed by atoms with Crippen LogP contribution < -0.4 is 0 Å². The largest absolute Gasteiger partial charge is 0.457 e. The molecule has 3 aliphatic carbocycles. The van der Waals surface area contributed by atoms with E-state index < -0.39 is 58.7 Å². The zero-order chi connectivity index (χ0) is 27.7. The first-order chi connectivity index (χ1) is 17.1. The Morgan fingerprint density at radius 1 is 1.16 bits per heavy atom. The molecule has 0 saturated heterocycles. The van der Waals surface area contributed by atoms with Crippen molar-refractivity contribution >= 4 is 11.8 Å². The van der Waals surface area contributed by atoms with E-state index in [1.54, 1.807) is 40.7 Å². The Balaban J connectivity index is 1.83. The van der Waals surface area contributed by atoms with Gasteiger partial charge in [0.15, 0.2) is 11.5 Å². The number of allylic oxidation sites excluding steroid dienone is 1. The second kappa shape index (κ2) is 8.86. The summed E-state index contributed by atoms with van der Waals surface area (Å²) in [6.07, 6.45) is 0.886. The molecule has 3 aliphatic rings. The van der Waals surface area contributed by atoms with E-state index in [9.17, 15) is 30.0 Å². The highest BCUT2D eigenvalue weighted by molar-refractivity contribution is 5.95. The summed E-state index contributed by atoms with van der Waals surface area (Å²) in [5.74, 6) is -2.25. The van der Waals surface area contributed by atoms with Gasteiger partial charge in [-0.05, 0) is 43.8 Å². The standard InChI is InChI=1S/C28H39NO8/c1-8-18-20(19(9-2)37-29-18)24(33)36-13-16-10-17-23(32)27(15(4)12-26(7,34)25(17,5)6)11-14(3)21(30)28(27,35)22(16)31/h10-11,15,17,21-22,30-31,34-35H,8-9,12-13H2,1-7H3/t15?,17-,21?,22?,26-,27?,28-/m1/s1. The number of ether oxygens (including phenoxy) is 1. The molecular weight excluding hydrogens is 478 g/mol. The number of aryl methyl sites for hydroxylation is 2. The first kappa shape index (κ1) is 27.7. The minimum absolute atomic E-state index is 0.0868. The SMILES string of the molecule is CCc1noc(CC)c1C(=O)OCC1=C[C@@H]2C(=O)C3(C=C(C)C(O)[C@@]3(O)C1O)C(C)C[C@@](C)(O)C2(C)C. The molecule has 1 heterocycles. The van der Waals surface area contributed by atoms with Crippen molar-refractivity contribution in [2.75, 3.05) is 6.61 Å². The van der Waals surface area contributed by atoms with Crippen molar-refractivity contribution in [1.29, 1.82) is 0 Å². The topological polar surface area (TPSA) is 150 Å². The Bertz CT molecular complexity index is 1160. The third-order valence-corrected chi connectivity index (χ3v) is 9.52. The maximum atomic E-state index is 14.3. The number of rotatable bonds is 5. The highest BCUT2D eigenvalue weighted by Gasteiger charge is 2.73. The fraction of sp³-hybridized carbons (Fsp3) is 0.679. The molecule has 37 heavy (non-hydrogen) atoms. The van der Waals surface area contributed by atoms with Gasteiger partial charge in [0.05, 0.1) is 16.7 Å². The summed E-state index contributed by atoms with van der Waals surface area (Å²) in [7, 11) is 0. The first-order valence-corrected chi connectivity index (χ1v) is 13.0. The van der Waals surface area contributed by atoms with Crippen molar-refractivity contribution in [3.05, 3.63) is 40.3 Å². The molecule has 4 unspecified atom stereocenters. The molecule has 1 saturated carbocycles. The molecule has 2 bridgehead atoms. The number of aromatic nitrogens is 1. The summed E-state index contributed by atoms with van der Waals surface area (Å²) >= 11 is 0. The molecule has 9 nitrogen and oxygen atoms in total. The van der Waals surface area contributed by atoms with Crippen LogP contribution in [0.3, 0.4) is 0 Å². The number of esters is 1. The quantitative estimate of drug-likeness (QED) is 0.341. The van der Waals surface area contributed by atoms with E-state index in [0.717, 1.165) is 0 Å². The zero-order valence-electron chi connectivity index (χ0n) is 22.7. The summed E-state index contributed by atoms with van der Waals surface area (Å²) in [5.41, 5.74) is -5.15. The molecule has 1 aromatic heterocycles.